The van der Waals surface area contributed by atoms with Crippen molar-refractivity contribution in [2.45, 2.75) is 13.0 Å². The zero-order chi connectivity index (χ0) is 12.8. The third kappa shape index (κ3) is 4.34. The van der Waals surface area contributed by atoms with Crippen molar-refractivity contribution in [1.82, 2.24) is 4.90 Å². The maximum Gasteiger partial charge on any atom is 0.238 e. The maximum atomic E-state index is 11.7. The summed E-state index contributed by atoms with van der Waals surface area (Å²) >= 11 is 5.93. The number of amides is 1. The van der Waals surface area contributed by atoms with Crippen molar-refractivity contribution in [2.24, 2.45) is 0 Å². The molecule has 94 valence electrons. The minimum atomic E-state index is -0.152. The van der Waals surface area contributed by atoms with Crippen LogP contribution in [0.15, 0.2) is 24.3 Å². The van der Waals surface area contributed by atoms with E-state index < -0.39 is 0 Å². The van der Waals surface area contributed by atoms with Crippen molar-refractivity contribution in [3.63, 3.8) is 0 Å². The van der Waals surface area contributed by atoms with E-state index in [-0.39, 0.29) is 25.1 Å². The molecule has 4 nitrogen and oxygen atoms in total. The first-order valence-corrected chi connectivity index (χ1v) is 5.78. The molecule has 0 aliphatic carbocycles. The molecule has 0 heterocycles. The van der Waals surface area contributed by atoms with E-state index in [1.165, 1.54) is 0 Å². The van der Waals surface area contributed by atoms with Gasteiger partial charge in [0.1, 0.15) is 0 Å². The first kappa shape index (κ1) is 14.0. The van der Waals surface area contributed by atoms with Crippen molar-refractivity contribution in [3.05, 3.63) is 29.3 Å². The number of rotatable bonds is 5. The summed E-state index contributed by atoms with van der Waals surface area (Å²) in [6, 6.07) is 7.03. The molecule has 0 aromatic heterocycles. The number of para-hydroxylation sites is 1. The Morgan fingerprint density at radius 2 is 2.18 bits per heavy atom. The molecule has 2 N–H and O–H groups in total. The van der Waals surface area contributed by atoms with E-state index in [4.69, 9.17) is 16.7 Å². The number of carbonyl (C=O) groups excluding carboxylic acids is 1. The van der Waals surface area contributed by atoms with Crippen LogP contribution in [0.4, 0.5) is 5.69 Å². The lowest BCUT2D eigenvalue weighted by molar-refractivity contribution is -0.117. The Labute approximate surface area is 106 Å². The van der Waals surface area contributed by atoms with Crippen LogP contribution in [-0.4, -0.2) is 42.2 Å². The molecule has 1 aromatic rings. The Kier molecular flexibility index (Phi) is 5.41. The van der Waals surface area contributed by atoms with Crippen LogP contribution in [-0.2, 0) is 4.79 Å². The van der Waals surface area contributed by atoms with Crippen molar-refractivity contribution >= 4 is 23.2 Å². The predicted molar refractivity (Wildman–Crippen MR) is 69.3 cm³/mol. The lowest BCUT2D eigenvalue weighted by Crippen LogP contribution is -2.38. The highest BCUT2D eigenvalue weighted by Gasteiger charge is 2.12. The standard InChI is InChI=1S/C12H17ClN2O2/c1-9(8-16)15(2)7-12(17)14-11-6-4-3-5-10(11)13/h3-6,9,16H,7-8H2,1-2H3,(H,14,17). The predicted octanol–water partition coefficient (Wildman–Crippen LogP) is 1.59. The lowest BCUT2D eigenvalue weighted by atomic mass is 10.3. The average molecular weight is 257 g/mol. The van der Waals surface area contributed by atoms with Gasteiger partial charge < -0.3 is 10.4 Å². The van der Waals surface area contributed by atoms with Crippen LogP contribution in [0, 0.1) is 0 Å². The minimum absolute atomic E-state index is 0.0237. The fourth-order valence-corrected chi connectivity index (χ4v) is 1.46. The highest BCUT2D eigenvalue weighted by Crippen LogP contribution is 2.20. The SMILES string of the molecule is CC(CO)N(C)CC(=O)Nc1ccccc1Cl. The number of likely N-dealkylation sites (N-methyl/N-ethyl adjacent to an activating group) is 1. The molecule has 0 fully saturated rings. The Balaban J connectivity index is 2.53. The van der Waals surface area contributed by atoms with Gasteiger partial charge in [0.05, 0.1) is 23.9 Å². The smallest absolute Gasteiger partial charge is 0.238 e. The van der Waals surface area contributed by atoms with E-state index in [9.17, 15) is 4.79 Å². The molecule has 0 spiro atoms. The molecule has 0 aliphatic heterocycles. The third-order valence-electron chi connectivity index (χ3n) is 2.56. The number of nitrogens with zero attached hydrogens (tertiary/aromatic N) is 1. The van der Waals surface area contributed by atoms with Gasteiger partial charge in [-0.2, -0.15) is 0 Å². The van der Waals surface area contributed by atoms with Gasteiger partial charge in [0.25, 0.3) is 0 Å². The molecule has 1 amide bonds. The molecule has 0 aliphatic rings. The zero-order valence-corrected chi connectivity index (χ0v) is 10.7. The van der Waals surface area contributed by atoms with E-state index in [2.05, 4.69) is 5.32 Å². The van der Waals surface area contributed by atoms with Gasteiger partial charge in [0, 0.05) is 6.04 Å². The van der Waals surface area contributed by atoms with Crippen molar-refractivity contribution < 1.29 is 9.90 Å². The maximum absolute atomic E-state index is 11.7. The lowest BCUT2D eigenvalue weighted by Gasteiger charge is -2.22. The van der Waals surface area contributed by atoms with Gasteiger partial charge in [-0.1, -0.05) is 23.7 Å². The average Bonchev–Trinajstić information content (AvgIpc) is 2.31. The second-order valence-corrected chi connectivity index (χ2v) is 4.38. The summed E-state index contributed by atoms with van der Waals surface area (Å²) < 4.78 is 0. The van der Waals surface area contributed by atoms with E-state index in [0.29, 0.717) is 10.7 Å². The van der Waals surface area contributed by atoms with Crippen LogP contribution in [0.1, 0.15) is 6.92 Å². The number of hydrogen-bond acceptors (Lipinski definition) is 3. The van der Waals surface area contributed by atoms with E-state index in [0.717, 1.165) is 0 Å². The molecule has 5 heteroatoms. The molecule has 1 atom stereocenters. The fourth-order valence-electron chi connectivity index (χ4n) is 1.27. The number of anilines is 1. The van der Waals surface area contributed by atoms with Gasteiger partial charge >= 0.3 is 0 Å². The Morgan fingerprint density at radius 3 is 2.76 bits per heavy atom. The first-order chi connectivity index (χ1) is 8.04. The quantitative estimate of drug-likeness (QED) is 0.841. The molecule has 17 heavy (non-hydrogen) atoms. The molecule has 0 bridgehead atoms. The molecule has 0 radical (unpaired) electrons. The first-order valence-electron chi connectivity index (χ1n) is 5.40. The Bertz CT molecular complexity index is 385. The molecular formula is C12H17ClN2O2. The van der Waals surface area contributed by atoms with Crippen LogP contribution in [0.25, 0.3) is 0 Å². The molecule has 1 rings (SSSR count). The number of nitrogens with one attached hydrogen (secondary N) is 1. The molecule has 1 aromatic carbocycles. The summed E-state index contributed by atoms with van der Waals surface area (Å²) in [7, 11) is 1.78. The number of aliphatic hydroxyl groups excluding tert-OH is 1. The normalized spacial score (nSPS) is 12.5. The topological polar surface area (TPSA) is 52.6 Å². The molecule has 0 saturated heterocycles. The van der Waals surface area contributed by atoms with Crippen LogP contribution >= 0.6 is 11.6 Å². The van der Waals surface area contributed by atoms with Crippen molar-refractivity contribution in [2.75, 3.05) is 25.5 Å². The van der Waals surface area contributed by atoms with Gasteiger partial charge in [-0.15, -0.1) is 0 Å². The second-order valence-electron chi connectivity index (χ2n) is 3.97. The summed E-state index contributed by atoms with van der Waals surface area (Å²) in [5.41, 5.74) is 0.601. The number of aliphatic hydroxyl groups is 1. The second kappa shape index (κ2) is 6.59. The summed E-state index contributed by atoms with van der Waals surface area (Å²) in [5, 5.41) is 12.2. The van der Waals surface area contributed by atoms with E-state index in [1.54, 1.807) is 30.1 Å². The molecule has 1 unspecified atom stereocenters. The van der Waals surface area contributed by atoms with Gasteiger partial charge in [0.2, 0.25) is 5.91 Å². The van der Waals surface area contributed by atoms with Crippen LogP contribution in [0.5, 0.6) is 0 Å². The summed E-state index contributed by atoms with van der Waals surface area (Å²) in [6.45, 7) is 2.09. The number of hydrogen-bond donors (Lipinski definition) is 2. The van der Waals surface area contributed by atoms with Gasteiger partial charge in [-0.3, -0.25) is 9.69 Å². The molecular weight excluding hydrogens is 240 g/mol. The number of halogens is 1. The monoisotopic (exact) mass is 256 g/mol. The molecule has 0 saturated carbocycles. The van der Waals surface area contributed by atoms with E-state index >= 15 is 0 Å². The third-order valence-corrected chi connectivity index (χ3v) is 2.89. The van der Waals surface area contributed by atoms with Crippen LogP contribution in [0.2, 0.25) is 5.02 Å². The summed E-state index contributed by atoms with van der Waals surface area (Å²) in [6.07, 6.45) is 0. The van der Waals surface area contributed by atoms with Crippen molar-refractivity contribution in [3.8, 4) is 0 Å². The summed E-state index contributed by atoms with van der Waals surface area (Å²) in [4.78, 5) is 13.5. The van der Waals surface area contributed by atoms with Crippen molar-refractivity contribution in [1.29, 1.82) is 0 Å². The Morgan fingerprint density at radius 1 is 1.53 bits per heavy atom. The minimum Gasteiger partial charge on any atom is -0.395 e. The number of benzene rings is 1. The zero-order valence-electron chi connectivity index (χ0n) is 9.98. The Hall–Kier alpha value is -1.10. The highest BCUT2D eigenvalue weighted by atomic mass is 35.5. The number of carbonyl (C=O) groups is 1. The van der Waals surface area contributed by atoms with Crippen LogP contribution < -0.4 is 5.32 Å². The van der Waals surface area contributed by atoms with Crippen LogP contribution in [0.3, 0.4) is 0 Å². The summed E-state index contributed by atoms with van der Waals surface area (Å²) in [5.74, 6) is -0.152. The van der Waals surface area contributed by atoms with Gasteiger partial charge in [-0.25, -0.2) is 0 Å². The van der Waals surface area contributed by atoms with Gasteiger partial charge in [0.15, 0.2) is 0 Å². The highest BCUT2D eigenvalue weighted by molar-refractivity contribution is 6.33. The fraction of sp³-hybridized carbons (Fsp3) is 0.417. The van der Waals surface area contributed by atoms with Gasteiger partial charge in [-0.05, 0) is 26.1 Å². The van der Waals surface area contributed by atoms with E-state index in [1.807, 2.05) is 13.0 Å². The largest absolute Gasteiger partial charge is 0.395 e.